The van der Waals surface area contributed by atoms with Crippen LogP contribution in [0.25, 0.3) is 0 Å². The van der Waals surface area contributed by atoms with Gasteiger partial charge in [0.15, 0.2) is 0 Å². The van der Waals surface area contributed by atoms with Gasteiger partial charge in [0.25, 0.3) is 0 Å². The standard InChI is InChI=1S/2C9H18O2/c1-3-4-5-6-8-9(11-8)7(2)10;1-3-5-6-8-9(11-8)7(10)4-2/h2*7-10H,3-6H2,1-2H3. The molecule has 2 saturated heterocycles. The van der Waals surface area contributed by atoms with E-state index in [0.717, 1.165) is 19.3 Å². The van der Waals surface area contributed by atoms with Crippen LogP contribution in [0.3, 0.4) is 0 Å². The van der Waals surface area contributed by atoms with Gasteiger partial charge in [0.05, 0.1) is 24.4 Å². The molecule has 2 fully saturated rings. The highest BCUT2D eigenvalue weighted by Crippen LogP contribution is 2.31. The lowest BCUT2D eigenvalue weighted by Gasteiger charge is -2.01. The summed E-state index contributed by atoms with van der Waals surface area (Å²) in [6, 6.07) is 0. The number of unbranched alkanes of at least 4 members (excludes halogenated alkanes) is 3. The van der Waals surface area contributed by atoms with E-state index in [4.69, 9.17) is 14.6 Å². The minimum absolute atomic E-state index is 0.145. The Morgan fingerprint density at radius 1 is 0.818 bits per heavy atom. The fraction of sp³-hybridized carbons (Fsp3) is 1.00. The van der Waals surface area contributed by atoms with Crippen LogP contribution in [0.4, 0.5) is 0 Å². The van der Waals surface area contributed by atoms with Gasteiger partial charge in [-0.3, -0.25) is 0 Å². The Morgan fingerprint density at radius 2 is 1.36 bits per heavy atom. The predicted molar refractivity (Wildman–Crippen MR) is 89.0 cm³/mol. The summed E-state index contributed by atoms with van der Waals surface area (Å²) < 4.78 is 10.6. The minimum atomic E-state index is -0.276. The average Bonchev–Trinajstić information content (AvgIpc) is 3.39. The Bertz CT molecular complexity index is 282. The molecule has 0 radical (unpaired) electrons. The minimum Gasteiger partial charge on any atom is -0.391 e. The number of aliphatic hydroxyl groups excluding tert-OH is 2. The maximum absolute atomic E-state index is 9.34. The zero-order valence-corrected chi connectivity index (χ0v) is 14.8. The molecule has 0 aromatic carbocycles. The molecule has 22 heavy (non-hydrogen) atoms. The van der Waals surface area contributed by atoms with Crippen LogP contribution < -0.4 is 0 Å². The molecule has 2 rings (SSSR count). The first-order valence-corrected chi connectivity index (χ1v) is 9.22. The molecule has 132 valence electrons. The molecule has 0 saturated carbocycles. The zero-order chi connectivity index (χ0) is 16.5. The first-order chi connectivity index (χ1) is 10.5. The summed E-state index contributed by atoms with van der Waals surface area (Å²) >= 11 is 0. The van der Waals surface area contributed by atoms with Gasteiger partial charge in [0.1, 0.15) is 12.2 Å². The molecule has 2 heterocycles. The van der Waals surface area contributed by atoms with Crippen LogP contribution in [0.15, 0.2) is 0 Å². The zero-order valence-electron chi connectivity index (χ0n) is 14.8. The van der Waals surface area contributed by atoms with Crippen LogP contribution in [0, 0.1) is 0 Å². The van der Waals surface area contributed by atoms with Crippen LogP contribution in [0.5, 0.6) is 0 Å². The van der Waals surface area contributed by atoms with E-state index in [-0.39, 0.29) is 24.4 Å². The highest BCUT2D eigenvalue weighted by molar-refractivity contribution is 4.89. The van der Waals surface area contributed by atoms with Crippen molar-refractivity contribution in [2.75, 3.05) is 0 Å². The van der Waals surface area contributed by atoms with E-state index in [9.17, 15) is 5.11 Å². The van der Waals surface area contributed by atoms with E-state index in [1.165, 1.54) is 32.1 Å². The maximum atomic E-state index is 9.34. The van der Waals surface area contributed by atoms with Crippen molar-refractivity contribution in [1.82, 2.24) is 0 Å². The Kier molecular flexibility index (Phi) is 9.57. The Labute approximate surface area is 136 Å². The van der Waals surface area contributed by atoms with E-state index >= 15 is 0 Å². The van der Waals surface area contributed by atoms with Crippen molar-refractivity contribution in [2.45, 2.75) is 116 Å². The molecule has 2 N–H and O–H groups in total. The fourth-order valence-corrected chi connectivity index (χ4v) is 2.77. The lowest BCUT2D eigenvalue weighted by Crippen LogP contribution is -2.15. The van der Waals surface area contributed by atoms with E-state index in [2.05, 4.69) is 13.8 Å². The Hall–Kier alpha value is -0.160. The van der Waals surface area contributed by atoms with E-state index < -0.39 is 0 Å². The second kappa shape index (κ2) is 10.6. The fourth-order valence-electron chi connectivity index (χ4n) is 2.77. The van der Waals surface area contributed by atoms with Gasteiger partial charge in [-0.1, -0.05) is 52.9 Å². The first kappa shape index (κ1) is 19.9. The van der Waals surface area contributed by atoms with Crippen LogP contribution in [-0.2, 0) is 9.47 Å². The number of rotatable bonds is 10. The van der Waals surface area contributed by atoms with Crippen molar-refractivity contribution in [3.05, 3.63) is 0 Å². The van der Waals surface area contributed by atoms with Crippen LogP contribution in [0.1, 0.15) is 79.1 Å². The van der Waals surface area contributed by atoms with Gasteiger partial charge in [0.2, 0.25) is 0 Å². The number of epoxide rings is 2. The van der Waals surface area contributed by atoms with Gasteiger partial charge in [0, 0.05) is 0 Å². The summed E-state index contributed by atoms with van der Waals surface area (Å²) in [5, 5.41) is 18.4. The third-order valence-electron chi connectivity index (χ3n) is 4.45. The van der Waals surface area contributed by atoms with Gasteiger partial charge in [-0.15, -0.1) is 0 Å². The summed E-state index contributed by atoms with van der Waals surface area (Å²) in [6.07, 6.45) is 9.81. The SMILES string of the molecule is CCCCC1OC1C(O)CC.CCCCCC1OC1C(C)O. The van der Waals surface area contributed by atoms with Gasteiger partial charge >= 0.3 is 0 Å². The maximum Gasteiger partial charge on any atom is 0.110 e. The molecule has 0 spiro atoms. The highest BCUT2D eigenvalue weighted by atomic mass is 16.6. The van der Waals surface area contributed by atoms with Crippen molar-refractivity contribution in [3.8, 4) is 0 Å². The molecule has 4 nitrogen and oxygen atoms in total. The van der Waals surface area contributed by atoms with E-state index in [1.54, 1.807) is 6.92 Å². The van der Waals surface area contributed by atoms with E-state index in [1.807, 2.05) is 6.92 Å². The van der Waals surface area contributed by atoms with Crippen LogP contribution in [-0.4, -0.2) is 46.8 Å². The van der Waals surface area contributed by atoms with E-state index in [0.29, 0.717) is 12.2 Å². The molecule has 0 aromatic rings. The number of hydrogen-bond donors (Lipinski definition) is 2. The van der Waals surface area contributed by atoms with Gasteiger partial charge in [-0.25, -0.2) is 0 Å². The van der Waals surface area contributed by atoms with Gasteiger partial charge in [-0.05, 0) is 26.2 Å². The quantitative estimate of drug-likeness (QED) is 0.479. The van der Waals surface area contributed by atoms with Gasteiger partial charge < -0.3 is 19.7 Å². The van der Waals surface area contributed by atoms with Crippen molar-refractivity contribution in [1.29, 1.82) is 0 Å². The lowest BCUT2D eigenvalue weighted by atomic mass is 10.1. The lowest BCUT2D eigenvalue weighted by molar-refractivity contribution is 0.131. The van der Waals surface area contributed by atoms with Crippen LogP contribution in [0.2, 0.25) is 0 Å². The molecule has 0 amide bonds. The Balaban J connectivity index is 0.000000220. The summed E-state index contributed by atoms with van der Waals surface area (Å²) in [6.45, 7) is 8.15. The van der Waals surface area contributed by atoms with Crippen molar-refractivity contribution < 1.29 is 19.7 Å². The topological polar surface area (TPSA) is 65.5 Å². The molecule has 0 aliphatic carbocycles. The normalized spacial score (nSPS) is 31.9. The van der Waals surface area contributed by atoms with Crippen LogP contribution >= 0.6 is 0 Å². The summed E-state index contributed by atoms with van der Waals surface area (Å²) in [5.74, 6) is 0. The molecular formula is C18H36O4. The third-order valence-corrected chi connectivity index (χ3v) is 4.45. The average molecular weight is 316 g/mol. The monoisotopic (exact) mass is 316 g/mol. The smallest absolute Gasteiger partial charge is 0.110 e. The summed E-state index contributed by atoms with van der Waals surface area (Å²) in [4.78, 5) is 0. The number of aliphatic hydroxyl groups is 2. The van der Waals surface area contributed by atoms with Crippen molar-refractivity contribution in [3.63, 3.8) is 0 Å². The molecule has 2 aliphatic rings. The molecule has 0 bridgehead atoms. The molecule has 4 heteroatoms. The molecular weight excluding hydrogens is 280 g/mol. The summed E-state index contributed by atoms with van der Waals surface area (Å²) in [5.41, 5.74) is 0. The predicted octanol–water partition coefficient (Wildman–Crippen LogP) is 3.43. The first-order valence-electron chi connectivity index (χ1n) is 9.22. The van der Waals surface area contributed by atoms with Gasteiger partial charge in [-0.2, -0.15) is 0 Å². The second-order valence-corrected chi connectivity index (χ2v) is 6.63. The molecule has 6 atom stereocenters. The largest absolute Gasteiger partial charge is 0.391 e. The number of hydrogen-bond acceptors (Lipinski definition) is 4. The second-order valence-electron chi connectivity index (χ2n) is 6.63. The Morgan fingerprint density at radius 3 is 1.86 bits per heavy atom. The molecule has 0 aromatic heterocycles. The summed E-state index contributed by atoms with van der Waals surface area (Å²) in [7, 11) is 0. The number of ether oxygens (including phenoxy) is 2. The highest BCUT2D eigenvalue weighted by Gasteiger charge is 2.42. The van der Waals surface area contributed by atoms with Crippen molar-refractivity contribution in [2.24, 2.45) is 0 Å². The molecule has 6 unspecified atom stereocenters. The third kappa shape index (κ3) is 7.40. The van der Waals surface area contributed by atoms with Crippen molar-refractivity contribution >= 4 is 0 Å². The molecule has 2 aliphatic heterocycles.